The Kier molecular flexibility index (Phi) is 8.72. The normalized spacial score (nSPS) is 25.1. The lowest BCUT2D eigenvalue weighted by molar-refractivity contribution is -0.122. The number of hydrogen-bond acceptors (Lipinski definition) is 4. The summed E-state index contributed by atoms with van der Waals surface area (Å²) in [6.07, 6.45) is 5.24. The first kappa shape index (κ1) is 17.4. The van der Waals surface area contributed by atoms with Gasteiger partial charge in [-0.1, -0.05) is 0 Å². The average molecular weight is 299 g/mol. The number of rotatable bonds is 6. The third kappa shape index (κ3) is 6.22. The molecule has 0 spiro atoms. The van der Waals surface area contributed by atoms with E-state index in [1.165, 1.54) is 18.6 Å². The number of nitrogens with one attached hydrogen (secondary N) is 1. The van der Waals surface area contributed by atoms with Gasteiger partial charge in [0.15, 0.2) is 0 Å². The van der Waals surface area contributed by atoms with Crippen LogP contribution in [0.4, 0.5) is 0 Å². The maximum Gasteiger partial charge on any atom is 0.236 e. The van der Waals surface area contributed by atoms with Crippen molar-refractivity contribution in [3.05, 3.63) is 0 Å². The molecule has 102 valence electrons. The molecule has 1 aliphatic rings. The summed E-state index contributed by atoms with van der Waals surface area (Å²) in [6, 6.07) is -0.345. The molecule has 0 aliphatic carbocycles. The first-order chi connectivity index (χ1) is 7.57. The van der Waals surface area contributed by atoms with Crippen molar-refractivity contribution in [2.45, 2.75) is 37.0 Å². The fourth-order valence-corrected chi connectivity index (χ4v) is 3.49. The lowest BCUT2D eigenvalue weighted by Crippen LogP contribution is -2.45. The molecule has 1 fully saturated rings. The van der Waals surface area contributed by atoms with Gasteiger partial charge in [0.2, 0.25) is 5.91 Å². The fourth-order valence-electron chi connectivity index (χ4n) is 1.76. The van der Waals surface area contributed by atoms with E-state index in [-0.39, 0.29) is 29.1 Å². The first-order valence-electron chi connectivity index (χ1n) is 5.73. The van der Waals surface area contributed by atoms with Crippen molar-refractivity contribution in [3.63, 3.8) is 0 Å². The van der Waals surface area contributed by atoms with Gasteiger partial charge in [0.25, 0.3) is 0 Å². The summed E-state index contributed by atoms with van der Waals surface area (Å²) >= 11 is 3.68. The van der Waals surface area contributed by atoms with E-state index in [4.69, 9.17) is 5.73 Å². The zero-order chi connectivity index (χ0) is 12.0. The van der Waals surface area contributed by atoms with Crippen molar-refractivity contribution in [3.8, 4) is 0 Å². The van der Waals surface area contributed by atoms with Crippen LogP contribution in [0, 0.1) is 0 Å². The number of halogens is 1. The van der Waals surface area contributed by atoms with Crippen molar-refractivity contribution in [1.82, 2.24) is 5.32 Å². The molecular formula is C11H23ClN2OS2. The molecule has 1 aliphatic heterocycles. The van der Waals surface area contributed by atoms with Gasteiger partial charge in [-0.2, -0.15) is 23.5 Å². The van der Waals surface area contributed by atoms with Crippen molar-refractivity contribution in [1.29, 1.82) is 0 Å². The highest BCUT2D eigenvalue weighted by molar-refractivity contribution is 8.00. The molecule has 3 nitrogen and oxygen atoms in total. The van der Waals surface area contributed by atoms with Gasteiger partial charge >= 0.3 is 0 Å². The maximum atomic E-state index is 11.7. The second kappa shape index (κ2) is 8.51. The van der Waals surface area contributed by atoms with E-state index >= 15 is 0 Å². The molecule has 1 saturated heterocycles. The van der Waals surface area contributed by atoms with Crippen LogP contribution in [0.5, 0.6) is 0 Å². The van der Waals surface area contributed by atoms with E-state index in [1.54, 1.807) is 11.8 Å². The third-order valence-electron chi connectivity index (χ3n) is 2.91. The van der Waals surface area contributed by atoms with E-state index in [0.29, 0.717) is 0 Å². The van der Waals surface area contributed by atoms with Crippen LogP contribution in [0.1, 0.15) is 26.2 Å². The van der Waals surface area contributed by atoms with Gasteiger partial charge in [0, 0.05) is 11.3 Å². The predicted molar refractivity (Wildman–Crippen MR) is 81.3 cm³/mol. The molecule has 3 N–H and O–H groups in total. The number of nitrogens with two attached hydrogens (primary N) is 1. The first-order valence-corrected chi connectivity index (χ1v) is 8.11. The summed E-state index contributed by atoms with van der Waals surface area (Å²) < 4.78 is 0.231. The van der Waals surface area contributed by atoms with Gasteiger partial charge in [-0.15, -0.1) is 12.4 Å². The van der Waals surface area contributed by atoms with E-state index in [9.17, 15) is 4.79 Å². The smallest absolute Gasteiger partial charge is 0.236 e. The van der Waals surface area contributed by atoms with Gasteiger partial charge in [0.05, 0.1) is 6.04 Å². The quantitative estimate of drug-likeness (QED) is 0.786. The maximum absolute atomic E-state index is 11.7. The van der Waals surface area contributed by atoms with Gasteiger partial charge < -0.3 is 11.1 Å². The Balaban J connectivity index is 0.00000256. The molecule has 0 radical (unpaired) electrons. The fraction of sp³-hybridized carbons (Fsp3) is 0.909. The standard InChI is InChI=1S/C11H22N2OS2.ClH/c1-11(5-3-6-16-11)8-13-10(14)9(12)4-7-15-2;/h9H,3-8,12H2,1-2H3,(H,13,14);1H/t9-,11?;/m0./s1. The van der Waals surface area contributed by atoms with Crippen LogP contribution >= 0.6 is 35.9 Å². The molecule has 0 bridgehead atoms. The molecule has 1 amide bonds. The summed E-state index contributed by atoms with van der Waals surface area (Å²) in [4.78, 5) is 11.7. The second-order valence-electron chi connectivity index (χ2n) is 4.51. The number of amides is 1. The SMILES string of the molecule is CSCC[C@H](N)C(=O)NCC1(C)CCCS1.Cl. The molecule has 1 rings (SSSR count). The Morgan fingerprint density at radius 2 is 2.35 bits per heavy atom. The molecule has 1 unspecified atom stereocenters. The minimum absolute atomic E-state index is 0. The Morgan fingerprint density at radius 1 is 1.65 bits per heavy atom. The van der Waals surface area contributed by atoms with Crippen LogP contribution in [0.25, 0.3) is 0 Å². The monoisotopic (exact) mass is 298 g/mol. The van der Waals surface area contributed by atoms with E-state index < -0.39 is 0 Å². The van der Waals surface area contributed by atoms with Crippen LogP contribution in [0.2, 0.25) is 0 Å². The average Bonchev–Trinajstić information content (AvgIpc) is 2.70. The lowest BCUT2D eigenvalue weighted by atomic mass is 10.1. The zero-order valence-electron chi connectivity index (χ0n) is 10.5. The minimum Gasteiger partial charge on any atom is -0.353 e. The summed E-state index contributed by atoms with van der Waals surface area (Å²) in [6.45, 7) is 2.97. The zero-order valence-corrected chi connectivity index (χ0v) is 13.0. The Morgan fingerprint density at radius 3 is 2.88 bits per heavy atom. The van der Waals surface area contributed by atoms with E-state index in [0.717, 1.165) is 18.7 Å². The summed E-state index contributed by atoms with van der Waals surface area (Å²) in [7, 11) is 0. The molecule has 2 atom stereocenters. The van der Waals surface area contributed by atoms with Crippen LogP contribution in [0.15, 0.2) is 0 Å². The van der Waals surface area contributed by atoms with Crippen LogP contribution in [-0.4, -0.2) is 41.0 Å². The highest BCUT2D eigenvalue weighted by atomic mass is 35.5. The van der Waals surface area contributed by atoms with E-state index in [1.807, 2.05) is 18.0 Å². The minimum atomic E-state index is -0.345. The molecule has 17 heavy (non-hydrogen) atoms. The number of hydrogen-bond donors (Lipinski definition) is 2. The molecule has 1 heterocycles. The van der Waals surface area contributed by atoms with Crippen LogP contribution in [-0.2, 0) is 4.79 Å². The van der Waals surface area contributed by atoms with Crippen molar-refractivity contribution in [2.24, 2.45) is 5.73 Å². The van der Waals surface area contributed by atoms with Gasteiger partial charge in [-0.05, 0) is 43.9 Å². The number of carbonyl (C=O) groups excluding carboxylic acids is 1. The molecule has 6 heteroatoms. The van der Waals surface area contributed by atoms with Crippen molar-refractivity contribution < 1.29 is 4.79 Å². The van der Waals surface area contributed by atoms with Crippen LogP contribution in [0.3, 0.4) is 0 Å². The van der Waals surface area contributed by atoms with E-state index in [2.05, 4.69) is 12.2 Å². The van der Waals surface area contributed by atoms with Crippen molar-refractivity contribution in [2.75, 3.05) is 24.3 Å². The number of carbonyl (C=O) groups is 1. The van der Waals surface area contributed by atoms with Crippen molar-refractivity contribution >= 4 is 41.8 Å². The highest BCUT2D eigenvalue weighted by Crippen LogP contribution is 2.36. The lowest BCUT2D eigenvalue weighted by Gasteiger charge is -2.23. The Hall–Kier alpha value is 0.420. The third-order valence-corrected chi connectivity index (χ3v) is 5.09. The summed E-state index contributed by atoms with van der Waals surface area (Å²) in [5.41, 5.74) is 5.80. The predicted octanol–water partition coefficient (Wildman–Crippen LogP) is 1.89. The molecular weight excluding hydrogens is 276 g/mol. The van der Waals surface area contributed by atoms with Gasteiger partial charge in [0.1, 0.15) is 0 Å². The largest absolute Gasteiger partial charge is 0.353 e. The molecule has 0 aromatic heterocycles. The van der Waals surface area contributed by atoms with Gasteiger partial charge in [-0.25, -0.2) is 0 Å². The second-order valence-corrected chi connectivity index (χ2v) is 7.18. The molecule has 0 saturated carbocycles. The Labute approximate surface area is 119 Å². The van der Waals surface area contributed by atoms with Crippen LogP contribution < -0.4 is 11.1 Å². The summed E-state index contributed by atoms with van der Waals surface area (Å²) in [5.74, 6) is 2.16. The van der Waals surface area contributed by atoms with Gasteiger partial charge in [-0.3, -0.25) is 4.79 Å². The number of thioether (sulfide) groups is 2. The topological polar surface area (TPSA) is 55.1 Å². The summed E-state index contributed by atoms with van der Waals surface area (Å²) in [5, 5.41) is 2.98. The highest BCUT2D eigenvalue weighted by Gasteiger charge is 2.30. The molecule has 0 aromatic carbocycles. The Bertz CT molecular complexity index is 236. The molecule has 0 aromatic rings.